The summed E-state index contributed by atoms with van der Waals surface area (Å²) < 4.78 is 12.0. The maximum Gasteiger partial charge on any atom is 0.172 e. The lowest BCUT2D eigenvalue weighted by molar-refractivity contribution is -0.184. The molecule has 4 aliphatic carbocycles. The van der Waals surface area contributed by atoms with E-state index in [-0.39, 0.29) is 11.2 Å². The zero-order valence-corrected chi connectivity index (χ0v) is 15.5. The second kappa shape index (κ2) is 5.21. The highest BCUT2D eigenvalue weighted by molar-refractivity contribution is 5.37. The highest BCUT2D eigenvalue weighted by Crippen LogP contribution is 2.65. The molecular formula is C22H29NO2. The molecule has 134 valence electrons. The van der Waals surface area contributed by atoms with Crippen molar-refractivity contribution < 1.29 is 9.47 Å². The molecular weight excluding hydrogens is 310 g/mol. The van der Waals surface area contributed by atoms with Gasteiger partial charge in [-0.25, -0.2) is 0 Å². The summed E-state index contributed by atoms with van der Waals surface area (Å²) in [6, 6.07) is 2.51. The molecule has 1 aliphatic heterocycles. The van der Waals surface area contributed by atoms with Gasteiger partial charge < -0.3 is 9.47 Å². The summed E-state index contributed by atoms with van der Waals surface area (Å²) in [5, 5.41) is 9.56. The molecule has 3 heteroatoms. The van der Waals surface area contributed by atoms with Crippen LogP contribution in [-0.2, 0) is 9.47 Å². The van der Waals surface area contributed by atoms with Gasteiger partial charge in [0.25, 0.3) is 0 Å². The zero-order valence-electron chi connectivity index (χ0n) is 15.5. The normalized spacial score (nSPS) is 47.3. The summed E-state index contributed by atoms with van der Waals surface area (Å²) in [6.07, 6.45) is 12.7. The maximum absolute atomic E-state index is 9.56. The minimum absolute atomic E-state index is 0.130. The third kappa shape index (κ3) is 2.04. The Morgan fingerprint density at radius 2 is 1.80 bits per heavy atom. The number of fused-ring (bicyclic) bond motifs is 5. The van der Waals surface area contributed by atoms with Gasteiger partial charge in [-0.15, -0.1) is 0 Å². The molecule has 1 heterocycles. The second-order valence-electron chi connectivity index (χ2n) is 9.47. The van der Waals surface area contributed by atoms with Crippen molar-refractivity contribution in [2.45, 2.75) is 64.6 Å². The fourth-order valence-corrected chi connectivity index (χ4v) is 7.09. The van der Waals surface area contributed by atoms with Crippen LogP contribution in [0.2, 0.25) is 0 Å². The average molecular weight is 339 g/mol. The van der Waals surface area contributed by atoms with E-state index in [0.29, 0.717) is 11.3 Å². The van der Waals surface area contributed by atoms with E-state index in [1.807, 2.05) is 0 Å². The lowest BCUT2D eigenvalue weighted by Crippen LogP contribution is -2.52. The van der Waals surface area contributed by atoms with Crippen molar-refractivity contribution in [2.75, 3.05) is 13.2 Å². The Morgan fingerprint density at radius 1 is 1.00 bits per heavy atom. The van der Waals surface area contributed by atoms with Crippen LogP contribution < -0.4 is 0 Å². The summed E-state index contributed by atoms with van der Waals surface area (Å²) in [5.74, 6) is 1.83. The van der Waals surface area contributed by atoms with Crippen LogP contribution in [0.3, 0.4) is 0 Å². The molecule has 0 aromatic carbocycles. The van der Waals surface area contributed by atoms with Crippen molar-refractivity contribution in [2.24, 2.45) is 28.6 Å². The summed E-state index contributed by atoms with van der Waals surface area (Å²) in [5.41, 5.74) is 3.09. The Hall–Kier alpha value is -1.11. The summed E-state index contributed by atoms with van der Waals surface area (Å²) >= 11 is 0. The van der Waals surface area contributed by atoms with E-state index in [2.05, 4.69) is 32.1 Å². The predicted octanol–water partition coefficient (Wildman–Crippen LogP) is 4.75. The van der Waals surface area contributed by atoms with Crippen LogP contribution in [-0.4, -0.2) is 19.0 Å². The first-order chi connectivity index (χ1) is 12.0. The molecule has 5 atom stereocenters. The monoisotopic (exact) mass is 339 g/mol. The smallest absolute Gasteiger partial charge is 0.172 e. The van der Waals surface area contributed by atoms with Crippen LogP contribution in [0.1, 0.15) is 58.8 Å². The fourth-order valence-electron chi connectivity index (χ4n) is 7.09. The first-order valence-corrected chi connectivity index (χ1v) is 10.1. The van der Waals surface area contributed by atoms with Gasteiger partial charge in [-0.1, -0.05) is 31.6 Å². The molecule has 0 bridgehead atoms. The van der Waals surface area contributed by atoms with E-state index in [1.54, 1.807) is 5.57 Å². The van der Waals surface area contributed by atoms with Gasteiger partial charge in [0.15, 0.2) is 5.79 Å². The molecule has 1 spiro atoms. The van der Waals surface area contributed by atoms with Crippen LogP contribution in [0.25, 0.3) is 0 Å². The van der Waals surface area contributed by atoms with Crippen molar-refractivity contribution >= 4 is 0 Å². The number of nitrogens with zero attached hydrogens (tertiary/aromatic N) is 1. The van der Waals surface area contributed by atoms with Gasteiger partial charge in [0, 0.05) is 23.8 Å². The minimum atomic E-state index is -0.315. The third-order valence-electron chi connectivity index (χ3n) is 8.63. The van der Waals surface area contributed by atoms with Crippen molar-refractivity contribution in [3.8, 4) is 6.07 Å². The molecule has 0 radical (unpaired) electrons. The number of nitriles is 1. The molecule has 25 heavy (non-hydrogen) atoms. The first kappa shape index (κ1) is 16.1. The molecule has 0 N–H and O–H groups in total. The fraction of sp³-hybridized carbons (Fsp3) is 0.773. The molecule has 0 aromatic rings. The van der Waals surface area contributed by atoms with Crippen LogP contribution in [0.15, 0.2) is 23.3 Å². The van der Waals surface area contributed by atoms with Gasteiger partial charge in [0.2, 0.25) is 0 Å². The molecule has 0 amide bonds. The Bertz CT molecular complexity index is 695. The van der Waals surface area contributed by atoms with Crippen LogP contribution >= 0.6 is 0 Å². The standard InChI is InChI=1S/C22H29NO2/c1-20-8-7-19-17(18(20)6-4-16(20)14-23)5-3-15-13-22(24-11-12-25-22)10-9-21(15,19)2/h3-4,17-19H,5-13H2,1-2H3/t17-,18-,19-,20-,21+/m1/s1. The third-order valence-corrected chi connectivity index (χ3v) is 8.63. The van der Waals surface area contributed by atoms with Crippen molar-refractivity contribution in [3.05, 3.63) is 23.3 Å². The van der Waals surface area contributed by atoms with Gasteiger partial charge in [-0.05, 0) is 55.3 Å². The van der Waals surface area contributed by atoms with Crippen LogP contribution in [0, 0.1) is 39.9 Å². The van der Waals surface area contributed by atoms with E-state index in [4.69, 9.17) is 9.47 Å². The van der Waals surface area contributed by atoms with Crippen molar-refractivity contribution in [1.29, 1.82) is 5.26 Å². The van der Waals surface area contributed by atoms with Gasteiger partial charge in [0.05, 0.1) is 19.3 Å². The van der Waals surface area contributed by atoms with Gasteiger partial charge in [-0.2, -0.15) is 5.26 Å². The Kier molecular flexibility index (Phi) is 3.35. The topological polar surface area (TPSA) is 42.2 Å². The molecule has 1 saturated heterocycles. The zero-order chi connectivity index (χ0) is 17.3. The summed E-state index contributed by atoms with van der Waals surface area (Å²) in [7, 11) is 0. The molecule has 5 aliphatic rings. The molecule has 0 aromatic heterocycles. The molecule has 3 nitrogen and oxygen atoms in total. The van der Waals surface area contributed by atoms with Crippen molar-refractivity contribution in [3.63, 3.8) is 0 Å². The van der Waals surface area contributed by atoms with Gasteiger partial charge in [-0.3, -0.25) is 0 Å². The number of hydrogen-bond acceptors (Lipinski definition) is 3. The lowest BCUT2D eigenvalue weighted by Gasteiger charge is -2.58. The van der Waals surface area contributed by atoms with E-state index in [0.717, 1.165) is 49.9 Å². The minimum Gasteiger partial charge on any atom is -0.347 e. The first-order valence-electron chi connectivity index (χ1n) is 10.1. The highest BCUT2D eigenvalue weighted by atomic mass is 16.7. The number of rotatable bonds is 0. The predicted molar refractivity (Wildman–Crippen MR) is 95.4 cm³/mol. The molecule has 2 saturated carbocycles. The van der Waals surface area contributed by atoms with Crippen LogP contribution in [0.4, 0.5) is 0 Å². The molecule has 5 rings (SSSR count). The SMILES string of the molecule is C[C@]12CCC3(CC1=CC[C@H]1[C@H]2CC[C@]2(C)C(C#N)=CC[C@H]12)OCCO3. The van der Waals surface area contributed by atoms with E-state index < -0.39 is 0 Å². The molecule has 3 fully saturated rings. The number of hydrogen-bond donors (Lipinski definition) is 0. The Morgan fingerprint density at radius 3 is 2.56 bits per heavy atom. The largest absolute Gasteiger partial charge is 0.347 e. The Labute approximate surface area is 151 Å². The van der Waals surface area contributed by atoms with Gasteiger partial charge in [0.1, 0.15) is 0 Å². The summed E-state index contributed by atoms with van der Waals surface area (Å²) in [4.78, 5) is 0. The van der Waals surface area contributed by atoms with E-state index in [9.17, 15) is 5.26 Å². The van der Waals surface area contributed by atoms with Gasteiger partial charge >= 0.3 is 0 Å². The van der Waals surface area contributed by atoms with Crippen molar-refractivity contribution in [1.82, 2.24) is 0 Å². The molecule has 0 unspecified atom stereocenters. The average Bonchev–Trinajstić information content (AvgIpc) is 3.19. The van der Waals surface area contributed by atoms with Crippen LogP contribution in [0.5, 0.6) is 0 Å². The lowest BCUT2D eigenvalue weighted by atomic mass is 9.47. The maximum atomic E-state index is 9.56. The van der Waals surface area contributed by atoms with E-state index in [1.165, 1.54) is 25.7 Å². The summed E-state index contributed by atoms with van der Waals surface area (Å²) in [6.45, 7) is 6.36. The van der Waals surface area contributed by atoms with E-state index >= 15 is 0 Å². The highest BCUT2D eigenvalue weighted by Gasteiger charge is 2.58. The second-order valence-corrected chi connectivity index (χ2v) is 9.47. The quantitative estimate of drug-likeness (QED) is 0.598. The number of ether oxygens (including phenoxy) is 2. The number of allylic oxidation sites excluding steroid dienone is 3. The Balaban J connectivity index is 1.46.